The first-order valence-electron chi connectivity index (χ1n) is 12.3. The molecule has 2 N–H and O–H groups in total. The highest BCUT2D eigenvalue weighted by Gasteiger charge is 2.33. The van der Waals surface area contributed by atoms with Gasteiger partial charge in [0.1, 0.15) is 24.7 Å². The summed E-state index contributed by atoms with van der Waals surface area (Å²) in [5.41, 5.74) is 8.09. The van der Waals surface area contributed by atoms with Crippen LogP contribution >= 0.6 is 35.6 Å². The van der Waals surface area contributed by atoms with Crippen molar-refractivity contribution in [3.8, 4) is 17.2 Å². The molecule has 0 fully saturated rings. The first-order valence-corrected chi connectivity index (χ1v) is 13.1. The standard InChI is InChI=1S/C28H27Cl2F3N2O4.ClH/c29-23-4-1-5-24(30)26(23)38-14-13-37-21-8-6-18(7-9-21)15-20(17-34)27(36)35-12-2-3-19-16-22(10-11-25(19)35)39-28(31,32)33;/h1,4-11,16,20H,2-3,12-15,17,34H2;1H. The summed E-state index contributed by atoms with van der Waals surface area (Å²) < 4.78 is 53.2. The lowest BCUT2D eigenvalue weighted by Gasteiger charge is -2.32. The van der Waals surface area contributed by atoms with Crippen LogP contribution < -0.4 is 24.8 Å². The number of nitrogens with zero attached hydrogens (tertiary/aromatic N) is 1. The maximum atomic E-state index is 13.4. The van der Waals surface area contributed by atoms with Gasteiger partial charge in [0.15, 0.2) is 5.75 Å². The van der Waals surface area contributed by atoms with E-state index in [4.69, 9.17) is 38.4 Å². The molecule has 1 amide bonds. The van der Waals surface area contributed by atoms with Gasteiger partial charge < -0.3 is 24.8 Å². The number of alkyl halides is 3. The van der Waals surface area contributed by atoms with Crippen LogP contribution in [0.3, 0.4) is 0 Å². The molecular weight excluding hydrogens is 592 g/mol. The van der Waals surface area contributed by atoms with E-state index in [9.17, 15) is 18.0 Å². The highest BCUT2D eigenvalue weighted by Crippen LogP contribution is 2.34. The van der Waals surface area contributed by atoms with E-state index in [0.29, 0.717) is 58.6 Å². The van der Waals surface area contributed by atoms with Gasteiger partial charge in [-0.25, -0.2) is 0 Å². The SMILES string of the molecule is Cl.NCC(Cc1ccc(OCCOc2c(Cl)cccc2Cl)cc1)C(=O)N1CCCc2cc(OC(F)(F)F)ccc21. The second kappa shape index (κ2) is 14.2. The molecule has 40 heavy (non-hydrogen) atoms. The van der Waals surface area contributed by atoms with Gasteiger partial charge in [0.25, 0.3) is 0 Å². The Kier molecular flexibility index (Phi) is 11.2. The minimum Gasteiger partial charge on any atom is -0.490 e. The highest BCUT2D eigenvalue weighted by atomic mass is 35.5. The third-order valence-corrected chi connectivity index (χ3v) is 6.82. The number of fused-ring (bicyclic) bond motifs is 1. The van der Waals surface area contributed by atoms with Gasteiger partial charge in [0, 0.05) is 18.8 Å². The van der Waals surface area contributed by atoms with Crippen LogP contribution in [0.4, 0.5) is 18.9 Å². The summed E-state index contributed by atoms with van der Waals surface area (Å²) in [5, 5.41) is 0.841. The lowest BCUT2D eigenvalue weighted by Crippen LogP contribution is -2.42. The predicted molar refractivity (Wildman–Crippen MR) is 151 cm³/mol. The number of carbonyl (C=O) groups is 1. The second-order valence-electron chi connectivity index (χ2n) is 8.96. The normalized spacial score (nSPS) is 13.6. The van der Waals surface area contributed by atoms with Crippen molar-refractivity contribution in [2.24, 2.45) is 11.7 Å². The Labute approximate surface area is 246 Å². The molecule has 0 saturated heterocycles. The number of nitrogens with two attached hydrogens (primary N) is 1. The van der Waals surface area contributed by atoms with E-state index >= 15 is 0 Å². The van der Waals surface area contributed by atoms with Crippen molar-refractivity contribution in [3.05, 3.63) is 81.8 Å². The quantitative estimate of drug-likeness (QED) is 0.251. The van der Waals surface area contributed by atoms with Crippen LogP contribution in [0.25, 0.3) is 0 Å². The predicted octanol–water partition coefficient (Wildman–Crippen LogP) is 6.87. The average molecular weight is 620 g/mol. The summed E-state index contributed by atoms with van der Waals surface area (Å²) in [5.74, 6) is 0.0717. The molecule has 0 aromatic heterocycles. The third-order valence-electron chi connectivity index (χ3n) is 6.23. The number of rotatable bonds is 10. The summed E-state index contributed by atoms with van der Waals surface area (Å²) >= 11 is 12.2. The van der Waals surface area contributed by atoms with Crippen molar-refractivity contribution >= 4 is 47.2 Å². The lowest BCUT2D eigenvalue weighted by molar-refractivity contribution is -0.274. The molecule has 1 heterocycles. The zero-order valence-electron chi connectivity index (χ0n) is 21.3. The van der Waals surface area contributed by atoms with Gasteiger partial charge >= 0.3 is 6.36 Å². The van der Waals surface area contributed by atoms with E-state index < -0.39 is 12.3 Å². The summed E-state index contributed by atoms with van der Waals surface area (Å²) in [6.07, 6.45) is -3.18. The first kappa shape index (κ1) is 31.7. The second-order valence-corrected chi connectivity index (χ2v) is 9.77. The number of halogens is 6. The molecule has 4 rings (SSSR count). The van der Waals surface area contributed by atoms with Crippen molar-refractivity contribution in [1.29, 1.82) is 0 Å². The molecule has 0 bridgehead atoms. The molecule has 1 atom stereocenters. The maximum Gasteiger partial charge on any atom is 0.573 e. The fraction of sp³-hybridized carbons (Fsp3) is 0.321. The largest absolute Gasteiger partial charge is 0.573 e. The number of hydrogen-bond donors (Lipinski definition) is 1. The van der Waals surface area contributed by atoms with E-state index in [0.717, 1.165) is 5.56 Å². The summed E-state index contributed by atoms with van der Waals surface area (Å²) in [6, 6.07) is 16.5. The number of para-hydroxylation sites is 1. The average Bonchev–Trinajstić information content (AvgIpc) is 2.90. The Hall–Kier alpha value is -2.85. The van der Waals surface area contributed by atoms with Crippen LogP contribution in [0, 0.1) is 5.92 Å². The zero-order chi connectivity index (χ0) is 28.0. The number of amides is 1. The van der Waals surface area contributed by atoms with Gasteiger partial charge in [-0.15, -0.1) is 25.6 Å². The van der Waals surface area contributed by atoms with Crippen molar-refractivity contribution in [1.82, 2.24) is 0 Å². The van der Waals surface area contributed by atoms with Gasteiger partial charge in [-0.2, -0.15) is 0 Å². The van der Waals surface area contributed by atoms with E-state index in [1.807, 2.05) is 12.1 Å². The van der Waals surface area contributed by atoms with Crippen molar-refractivity contribution < 1.29 is 32.2 Å². The number of carbonyl (C=O) groups excluding carboxylic acids is 1. The minimum absolute atomic E-state index is 0. The molecule has 0 radical (unpaired) electrons. The van der Waals surface area contributed by atoms with Crippen LogP contribution in [-0.4, -0.2) is 38.6 Å². The molecule has 216 valence electrons. The zero-order valence-corrected chi connectivity index (χ0v) is 23.6. The summed E-state index contributed by atoms with van der Waals surface area (Å²) in [4.78, 5) is 15.0. The fourth-order valence-electron chi connectivity index (χ4n) is 4.42. The molecule has 3 aromatic carbocycles. The van der Waals surface area contributed by atoms with Crippen LogP contribution in [0.5, 0.6) is 17.2 Å². The van der Waals surface area contributed by atoms with E-state index in [-0.39, 0.29) is 43.8 Å². The Morgan fingerprint density at radius 3 is 2.27 bits per heavy atom. The molecular formula is C28H28Cl3F3N2O4. The number of anilines is 1. The Bertz CT molecular complexity index is 1270. The van der Waals surface area contributed by atoms with Gasteiger partial charge in [0.05, 0.1) is 16.0 Å². The van der Waals surface area contributed by atoms with E-state index in [1.165, 1.54) is 18.2 Å². The van der Waals surface area contributed by atoms with Crippen LogP contribution in [0.15, 0.2) is 60.7 Å². The minimum atomic E-state index is -4.78. The van der Waals surface area contributed by atoms with Crippen LogP contribution in [-0.2, 0) is 17.6 Å². The molecule has 1 aliphatic rings. The van der Waals surface area contributed by atoms with Gasteiger partial charge in [-0.05, 0) is 72.9 Å². The third kappa shape index (κ3) is 8.33. The number of aryl methyl sites for hydroxylation is 1. The van der Waals surface area contributed by atoms with Crippen LogP contribution in [0.1, 0.15) is 17.5 Å². The Balaban J connectivity index is 0.00000441. The molecule has 1 unspecified atom stereocenters. The molecule has 0 spiro atoms. The van der Waals surface area contributed by atoms with E-state index in [1.54, 1.807) is 35.2 Å². The lowest BCUT2D eigenvalue weighted by atomic mass is 9.95. The van der Waals surface area contributed by atoms with Gasteiger partial charge in [-0.1, -0.05) is 41.4 Å². The number of ether oxygens (including phenoxy) is 3. The van der Waals surface area contributed by atoms with Crippen molar-refractivity contribution in [2.75, 3.05) is 31.2 Å². The van der Waals surface area contributed by atoms with Crippen molar-refractivity contribution in [2.45, 2.75) is 25.6 Å². The molecule has 0 aliphatic carbocycles. The molecule has 3 aromatic rings. The molecule has 12 heteroatoms. The number of benzene rings is 3. The topological polar surface area (TPSA) is 74.0 Å². The highest BCUT2D eigenvalue weighted by molar-refractivity contribution is 6.37. The number of hydrogen-bond acceptors (Lipinski definition) is 5. The van der Waals surface area contributed by atoms with Gasteiger partial charge in [-0.3, -0.25) is 4.79 Å². The Morgan fingerprint density at radius 2 is 1.62 bits per heavy atom. The molecule has 0 saturated carbocycles. The maximum absolute atomic E-state index is 13.4. The van der Waals surface area contributed by atoms with Gasteiger partial charge in [0.2, 0.25) is 5.91 Å². The Morgan fingerprint density at radius 1 is 0.975 bits per heavy atom. The van der Waals surface area contributed by atoms with E-state index in [2.05, 4.69) is 4.74 Å². The fourth-order valence-corrected chi connectivity index (χ4v) is 4.93. The summed E-state index contributed by atoms with van der Waals surface area (Å²) in [6.45, 7) is 1.11. The first-order chi connectivity index (χ1) is 18.6. The molecule has 6 nitrogen and oxygen atoms in total. The summed E-state index contributed by atoms with van der Waals surface area (Å²) in [7, 11) is 0. The smallest absolute Gasteiger partial charge is 0.490 e. The molecule has 1 aliphatic heterocycles. The van der Waals surface area contributed by atoms with Crippen LogP contribution in [0.2, 0.25) is 10.0 Å². The monoisotopic (exact) mass is 618 g/mol. The van der Waals surface area contributed by atoms with Crippen molar-refractivity contribution in [3.63, 3.8) is 0 Å².